The molecule has 6 nitrogen and oxygen atoms in total. The Labute approximate surface area is 113 Å². The van der Waals surface area contributed by atoms with Crippen molar-refractivity contribution in [3.05, 3.63) is 63.6 Å². The summed E-state index contributed by atoms with van der Waals surface area (Å²) < 4.78 is 12.7. The maximum absolute atomic E-state index is 12.7. The molecule has 100 valence electrons. The van der Waals surface area contributed by atoms with Crippen LogP contribution in [0.1, 0.15) is 11.1 Å². The number of hydrogen-bond donors (Lipinski definition) is 1. The Balaban J connectivity index is 2.15. The molecule has 0 spiro atoms. The van der Waals surface area contributed by atoms with E-state index < -0.39 is 4.92 Å². The Hall–Kier alpha value is -3.01. The topological polar surface area (TPSA) is 91.8 Å². The molecule has 0 bridgehead atoms. The van der Waals surface area contributed by atoms with Gasteiger partial charge in [0.25, 0.3) is 5.69 Å². The van der Waals surface area contributed by atoms with Crippen molar-refractivity contribution in [3.63, 3.8) is 0 Å². The fourth-order valence-corrected chi connectivity index (χ4v) is 1.57. The van der Waals surface area contributed by atoms with Gasteiger partial charge < -0.3 is 5.32 Å². The van der Waals surface area contributed by atoms with Crippen LogP contribution in [-0.4, -0.2) is 9.91 Å². The van der Waals surface area contributed by atoms with Crippen molar-refractivity contribution in [2.75, 3.05) is 5.32 Å². The molecule has 0 atom stereocenters. The maximum atomic E-state index is 12.7. The minimum atomic E-state index is -0.613. The van der Waals surface area contributed by atoms with Crippen LogP contribution in [0.2, 0.25) is 0 Å². The molecule has 0 aliphatic rings. The lowest BCUT2D eigenvalue weighted by atomic mass is 10.2. The highest BCUT2D eigenvalue weighted by atomic mass is 19.1. The first kappa shape index (κ1) is 13.4. The third kappa shape index (κ3) is 3.05. The number of nitro groups is 1. The lowest BCUT2D eigenvalue weighted by Crippen LogP contribution is -2.04. The van der Waals surface area contributed by atoms with Crippen molar-refractivity contribution in [1.29, 1.82) is 5.26 Å². The molecule has 0 unspecified atom stereocenters. The number of nitrogens with one attached hydrogen (secondary N) is 1. The molecular weight excluding hydrogens is 263 g/mol. The lowest BCUT2D eigenvalue weighted by Gasteiger charge is -2.07. The second-order valence-electron chi connectivity index (χ2n) is 3.94. The van der Waals surface area contributed by atoms with Gasteiger partial charge in [0.2, 0.25) is 0 Å². The van der Waals surface area contributed by atoms with Crippen LogP contribution in [0.15, 0.2) is 36.5 Å². The minimum Gasteiger partial charge on any atom is -0.365 e. The Morgan fingerprint density at radius 1 is 1.40 bits per heavy atom. The van der Waals surface area contributed by atoms with E-state index in [2.05, 4.69) is 10.3 Å². The minimum absolute atomic E-state index is 0.0845. The molecule has 0 amide bonds. The maximum Gasteiger partial charge on any atom is 0.289 e. The predicted octanol–water partition coefficient (Wildman–Crippen LogP) is 2.61. The molecule has 1 heterocycles. The quantitative estimate of drug-likeness (QED) is 0.682. The zero-order valence-corrected chi connectivity index (χ0v) is 10.2. The zero-order chi connectivity index (χ0) is 14.5. The predicted molar refractivity (Wildman–Crippen MR) is 69.3 cm³/mol. The third-order valence-corrected chi connectivity index (χ3v) is 2.58. The fraction of sp³-hybridized carbons (Fsp3) is 0.0769. The van der Waals surface area contributed by atoms with Crippen LogP contribution in [0.4, 0.5) is 15.9 Å². The van der Waals surface area contributed by atoms with Gasteiger partial charge in [-0.1, -0.05) is 12.1 Å². The highest BCUT2D eigenvalue weighted by molar-refractivity contribution is 5.55. The molecule has 1 aromatic carbocycles. The van der Waals surface area contributed by atoms with Crippen LogP contribution in [-0.2, 0) is 6.54 Å². The van der Waals surface area contributed by atoms with Crippen molar-refractivity contribution in [2.45, 2.75) is 6.54 Å². The zero-order valence-electron chi connectivity index (χ0n) is 10.2. The number of nitriles is 1. The number of aromatic nitrogens is 1. The van der Waals surface area contributed by atoms with Crippen molar-refractivity contribution in [1.82, 2.24) is 4.98 Å². The Kier molecular flexibility index (Phi) is 3.86. The highest BCUT2D eigenvalue weighted by Crippen LogP contribution is 2.18. The van der Waals surface area contributed by atoms with E-state index >= 15 is 0 Å². The number of hydrogen-bond acceptors (Lipinski definition) is 5. The van der Waals surface area contributed by atoms with Crippen molar-refractivity contribution in [3.8, 4) is 6.07 Å². The van der Waals surface area contributed by atoms with Crippen LogP contribution >= 0.6 is 0 Å². The number of benzene rings is 1. The second kappa shape index (κ2) is 5.75. The lowest BCUT2D eigenvalue weighted by molar-refractivity contribution is -0.385. The highest BCUT2D eigenvalue weighted by Gasteiger charge is 2.11. The molecule has 0 fully saturated rings. The number of rotatable bonds is 4. The molecule has 2 aromatic rings. The van der Waals surface area contributed by atoms with Gasteiger partial charge in [-0.15, -0.1) is 0 Å². The number of halogens is 1. The first-order chi connectivity index (χ1) is 9.60. The van der Waals surface area contributed by atoms with Gasteiger partial charge in [0.1, 0.15) is 29.5 Å². The summed E-state index contributed by atoms with van der Waals surface area (Å²) in [7, 11) is 0. The van der Waals surface area contributed by atoms with E-state index in [1.165, 1.54) is 12.1 Å². The molecule has 0 radical (unpaired) electrons. The first-order valence-corrected chi connectivity index (χ1v) is 5.63. The van der Waals surface area contributed by atoms with Gasteiger partial charge in [-0.3, -0.25) is 10.1 Å². The van der Waals surface area contributed by atoms with Crippen molar-refractivity contribution >= 4 is 11.5 Å². The van der Waals surface area contributed by atoms with Gasteiger partial charge >= 0.3 is 0 Å². The van der Waals surface area contributed by atoms with Gasteiger partial charge in [-0.05, 0) is 17.7 Å². The Bertz CT molecular complexity index is 680. The van der Waals surface area contributed by atoms with E-state index in [1.807, 2.05) is 6.07 Å². The van der Waals surface area contributed by atoms with E-state index in [0.29, 0.717) is 6.54 Å². The van der Waals surface area contributed by atoms with Gasteiger partial charge in [0.15, 0.2) is 0 Å². The average molecular weight is 272 g/mol. The molecule has 0 saturated carbocycles. The summed E-state index contributed by atoms with van der Waals surface area (Å²) in [5, 5.41) is 22.4. The summed E-state index contributed by atoms with van der Waals surface area (Å²) in [5.41, 5.74) is 0.644. The molecule has 1 aromatic heterocycles. The van der Waals surface area contributed by atoms with E-state index in [1.54, 1.807) is 12.1 Å². The Morgan fingerprint density at radius 3 is 2.70 bits per heavy atom. The summed E-state index contributed by atoms with van der Waals surface area (Å²) in [6, 6.07) is 8.84. The summed E-state index contributed by atoms with van der Waals surface area (Å²) >= 11 is 0. The number of pyridine rings is 1. The van der Waals surface area contributed by atoms with E-state index in [9.17, 15) is 14.5 Å². The normalized spacial score (nSPS) is 9.80. The summed E-state index contributed by atoms with van der Waals surface area (Å²) in [5.74, 6) is -0.0812. The average Bonchev–Trinajstić information content (AvgIpc) is 2.46. The summed E-state index contributed by atoms with van der Waals surface area (Å²) in [4.78, 5) is 13.8. The van der Waals surface area contributed by atoms with E-state index in [0.717, 1.165) is 17.8 Å². The van der Waals surface area contributed by atoms with E-state index in [-0.39, 0.29) is 22.9 Å². The summed E-state index contributed by atoms with van der Waals surface area (Å²) in [6.45, 7) is 0.333. The van der Waals surface area contributed by atoms with Gasteiger partial charge in [0, 0.05) is 12.6 Å². The second-order valence-corrected chi connectivity index (χ2v) is 3.94. The Morgan fingerprint density at radius 2 is 2.10 bits per heavy atom. The van der Waals surface area contributed by atoms with E-state index in [4.69, 9.17) is 5.26 Å². The van der Waals surface area contributed by atoms with Crippen LogP contribution < -0.4 is 5.32 Å². The van der Waals surface area contributed by atoms with Gasteiger partial charge in [-0.25, -0.2) is 9.37 Å². The third-order valence-electron chi connectivity index (χ3n) is 2.58. The first-order valence-electron chi connectivity index (χ1n) is 5.63. The van der Waals surface area contributed by atoms with Crippen LogP contribution in [0.3, 0.4) is 0 Å². The van der Waals surface area contributed by atoms with Crippen LogP contribution in [0.5, 0.6) is 0 Å². The molecule has 1 N–H and O–H groups in total. The molecule has 2 rings (SSSR count). The molecule has 7 heteroatoms. The number of anilines is 1. The molecule has 0 aliphatic carbocycles. The summed E-state index contributed by atoms with van der Waals surface area (Å²) in [6.07, 6.45) is 1.08. The smallest absolute Gasteiger partial charge is 0.289 e. The molecule has 0 saturated heterocycles. The van der Waals surface area contributed by atoms with Crippen LogP contribution in [0, 0.1) is 27.3 Å². The SMILES string of the molecule is N#Cc1cc([N+](=O)[O-])cnc1NCc1ccc(F)cc1. The van der Waals surface area contributed by atoms with Gasteiger partial charge in [-0.2, -0.15) is 5.26 Å². The standard InChI is InChI=1S/C13H9FN4O2/c14-11-3-1-9(2-4-11)7-16-13-10(6-15)5-12(8-17-13)18(19)20/h1-5,8H,7H2,(H,16,17). The van der Waals surface area contributed by atoms with Gasteiger partial charge in [0.05, 0.1) is 4.92 Å². The molecule has 0 aliphatic heterocycles. The van der Waals surface area contributed by atoms with Crippen molar-refractivity contribution in [2.24, 2.45) is 0 Å². The largest absolute Gasteiger partial charge is 0.365 e. The van der Waals surface area contributed by atoms with Crippen LogP contribution in [0.25, 0.3) is 0 Å². The molecule has 20 heavy (non-hydrogen) atoms. The molecular formula is C13H9FN4O2. The van der Waals surface area contributed by atoms with Crippen molar-refractivity contribution < 1.29 is 9.31 Å². The fourth-order valence-electron chi connectivity index (χ4n) is 1.57. The number of nitrogens with zero attached hydrogens (tertiary/aromatic N) is 3. The monoisotopic (exact) mass is 272 g/mol.